The van der Waals surface area contributed by atoms with Crippen molar-refractivity contribution >= 4 is 46.5 Å². The van der Waals surface area contributed by atoms with Gasteiger partial charge in [-0.2, -0.15) is 22.7 Å². The number of amides is 2. The number of benzene rings is 2. The monoisotopic (exact) mass is 766 g/mol. The zero-order chi connectivity index (χ0) is 38.5. The molecule has 0 spiro atoms. The molecule has 2 N–H and O–H groups in total. The van der Waals surface area contributed by atoms with E-state index in [0.717, 1.165) is 33.8 Å². The number of aromatic nitrogens is 6. The number of ether oxygens (including phenoxy) is 1. The van der Waals surface area contributed by atoms with Crippen LogP contribution in [0.2, 0.25) is 5.02 Å². The number of hydrogen-bond acceptors (Lipinski definition) is 11. The van der Waals surface area contributed by atoms with Gasteiger partial charge in [0.05, 0.1) is 34.8 Å². The van der Waals surface area contributed by atoms with E-state index in [1.807, 2.05) is 34.9 Å². The smallest absolute Gasteiger partial charge is 0.416 e. The zero-order valence-corrected chi connectivity index (χ0v) is 30.1. The van der Waals surface area contributed by atoms with E-state index in [1.54, 1.807) is 18.6 Å². The summed E-state index contributed by atoms with van der Waals surface area (Å²) in [5.74, 6) is -0.392. The molecular formula is C35H34ClF3N10O5. The van der Waals surface area contributed by atoms with Gasteiger partial charge in [-0.25, -0.2) is 9.97 Å². The van der Waals surface area contributed by atoms with E-state index >= 15 is 0 Å². The topological polar surface area (TPSA) is 163 Å². The molecule has 3 aromatic heterocycles. The Kier molecular flexibility index (Phi) is 9.55. The summed E-state index contributed by atoms with van der Waals surface area (Å²) in [5, 5.41) is 17.3. The first-order chi connectivity index (χ1) is 25.8. The van der Waals surface area contributed by atoms with Gasteiger partial charge in [0.25, 0.3) is 11.5 Å². The van der Waals surface area contributed by atoms with Gasteiger partial charge in [0.1, 0.15) is 24.3 Å². The van der Waals surface area contributed by atoms with Crippen molar-refractivity contribution < 1.29 is 32.6 Å². The summed E-state index contributed by atoms with van der Waals surface area (Å²) >= 11 is 6.15. The average molecular weight is 767 g/mol. The van der Waals surface area contributed by atoms with Gasteiger partial charge in [0.15, 0.2) is 11.4 Å². The van der Waals surface area contributed by atoms with Gasteiger partial charge in [-0.15, -0.1) is 5.10 Å². The molecule has 0 saturated carbocycles. The number of nitrogens with zero attached hydrogens (tertiary/aromatic N) is 9. The second kappa shape index (κ2) is 14.1. The van der Waals surface area contributed by atoms with Gasteiger partial charge in [-0.05, 0) is 54.8 Å². The highest BCUT2D eigenvalue weighted by Gasteiger charge is 2.33. The summed E-state index contributed by atoms with van der Waals surface area (Å²) in [6.45, 7) is 4.71. The molecule has 2 amide bonds. The normalized spacial score (nSPS) is 14.5. The molecule has 2 aliphatic rings. The van der Waals surface area contributed by atoms with E-state index in [1.165, 1.54) is 11.2 Å². The van der Waals surface area contributed by atoms with Gasteiger partial charge in [0, 0.05) is 39.3 Å². The van der Waals surface area contributed by atoms with Crippen LogP contribution in [0.4, 0.5) is 30.5 Å². The second-order valence-corrected chi connectivity index (χ2v) is 13.2. The minimum atomic E-state index is -4.62. The lowest BCUT2D eigenvalue weighted by Gasteiger charge is -2.36. The van der Waals surface area contributed by atoms with Gasteiger partial charge in [-0.1, -0.05) is 24.6 Å². The van der Waals surface area contributed by atoms with Crippen LogP contribution in [0.5, 0.6) is 11.5 Å². The van der Waals surface area contributed by atoms with E-state index in [4.69, 9.17) is 21.3 Å². The van der Waals surface area contributed by atoms with Crippen LogP contribution in [0.1, 0.15) is 45.5 Å². The maximum atomic E-state index is 14.4. The summed E-state index contributed by atoms with van der Waals surface area (Å²) < 4.78 is 47.9. The second-order valence-electron chi connectivity index (χ2n) is 12.8. The summed E-state index contributed by atoms with van der Waals surface area (Å²) in [4.78, 5) is 59.1. The molecule has 0 bridgehead atoms. The number of carbonyl (C=O) groups is 2. The van der Waals surface area contributed by atoms with Crippen LogP contribution in [0, 0.1) is 6.92 Å². The molecule has 0 unspecified atom stereocenters. The minimum absolute atomic E-state index is 0.0249. The minimum Gasteiger partial charge on any atom is -0.504 e. The van der Waals surface area contributed by atoms with Crippen molar-refractivity contribution in [3.63, 3.8) is 0 Å². The molecule has 2 aromatic carbocycles. The highest BCUT2D eigenvalue weighted by atomic mass is 35.5. The quantitative estimate of drug-likeness (QED) is 0.234. The number of piperazine rings is 1. The van der Waals surface area contributed by atoms with Crippen molar-refractivity contribution in [2.24, 2.45) is 0 Å². The molecule has 1 saturated heterocycles. The maximum Gasteiger partial charge on any atom is 0.416 e. The Morgan fingerprint density at radius 3 is 2.44 bits per heavy atom. The first-order valence-corrected chi connectivity index (χ1v) is 17.3. The first-order valence-electron chi connectivity index (χ1n) is 16.9. The number of anilines is 3. The maximum absolute atomic E-state index is 14.4. The zero-order valence-electron chi connectivity index (χ0n) is 29.3. The summed E-state index contributed by atoms with van der Waals surface area (Å²) in [7, 11) is 1.58. The Balaban J connectivity index is 1.24. The number of fused-ring (bicyclic) bond motifs is 2. The summed E-state index contributed by atoms with van der Waals surface area (Å²) in [5.41, 5.74) is 1.42. The van der Waals surface area contributed by atoms with E-state index < -0.39 is 35.7 Å². The molecule has 1 fully saturated rings. The molecular weight excluding hydrogens is 733 g/mol. The number of methoxy groups -OCH3 is 1. The Bertz CT molecular complexity index is 2360. The fourth-order valence-corrected chi connectivity index (χ4v) is 6.95. The van der Waals surface area contributed by atoms with Gasteiger partial charge in [0.2, 0.25) is 17.6 Å². The van der Waals surface area contributed by atoms with Crippen molar-refractivity contribution in [1.82, 2.24) is 34.0 Å². The number of rotatable bonds is 8. The highest BCUT2D eigenvalue weighted by molar-refractivity contribution is 6.33. The van der Waals surface area contributed by atoms with E-state index in [0.29, 0.717) is 24.5 Å². The Morgan fingerprint density at radius 2 is 1.76 bits per heavy atom. The van der Waals surface area contributed by atoms with E-state index in [2.05, 4.69) is 20.4 Å². The number of halogens is 4. The van der Waals surface area contributed by atoms with Gasteiger partial charge < -0.3 is 34.4 Å². The Hall–Kier alpha value is -5.91. The lowest BCUT2D eigenvalue weighted by molar-refractivity contribution is -0.137. The molecule has 0 atom stereocenters. The largest absolute Gasteiger partial charge is 0.504 e. The van der Waals surface area contributed by atoms with Crippen LogP contribution in [-0.2, 0) is 37.0 Å². The van der Waals surface area contributed by atoms with E-state index in [-0.39, 0.29) is 77.9 Å². The summed E-state index contributed by atoms with van der Waals surface area (Å²) in [6, 6.07) is 8.36. The van der Waals surface area contributed by atoms with Crippen LogP contribution < -0.4 is 25.4 Å². The number of carbonyl (C=O) groups excluding carboxylic acids is 2. The van der Waals surface area contributed by atoms with Crippen LogP contribution in [-0.4, -0.2) is 84.2 Å². The number of nitrogens with one attached hydrogen (secondary N) is 1. The molecule has 5 aromatic rings. The third-order valence-corrected chi connectivity index (χ3v) is 9.84. The lowest BCUT2D eigenvalue weighted by Crippen LogP contribution is -2.51. The number of alkyl halides is 3. The lowest BCUT2D eigenvalue weighted by atomic mass is 10.1. The van der Waals surface area contributed by atoms with Crippen molar-refractivity contribution in [2.45, 2.75) is 46.1 Å². The summed E-state index contributed by atoms with van der Waals surface area (Å²) in [6.07, 6.45) is -3.14. The number of hydrogen-bond donors (Lipinski definition) is 2. The fourth-order valence-electron chi connectivity index (χ4n) is 6.72. The Morgan fingerprint density at radius 1 is 1.02 bits per heavy atom. The third-order valence-electron chi connectivity index (χ3n) is 9.53. The first kappa shape index (κ1) is 36.4. The molecule has 7 rings (SSSR count). The highest BCUT2D eigenvalue weighted by Crippen LogP contribution is 2.34. The standard InChI is InChI=1S/C35H34ClF3N10O5/c1-4-26-29(45-9-11-46(12-10-45)31(52)28-30(51)19(2)40-18-41-28)32(53)49-34(43-33(44-49)47-15-20-5-7-23(54-3)13-21(20)16-47)48(26)17-27(50)42-25-8-6-22(14-24(25)36)35(37,38)39/h5-8,13-14,18,51H,4,9-12,15-17H2,1-3H3,(H,42,50). The molecule has 2 aliphatic heterocycles. The third kappa shape index (κ3) is 6.72. The van der Waals surface area contributed by atoms with Crippen molar-refractivity contribution in [1.29, 1.82) is 0 Å². The van der Waals surface area contributed by atoms with E-state index in [9.17, 15) is 32.7 Å². The van der Waals surface area contributed by atoms with Crippen LogP contribution >= 0.6 is 11.6 Å². The van der Waals surface area contributed by atoms with Crippen molar-refractivity contribution in [3.05, 3.63) is 91.9 Å². The Labute approximate surface area is 310 Å². The molecule has 0 aliphatic carbocycles. The van der Waals surface area contributed by atoms with Gasteiger partial charge >= 0.3 is 6.18 Å². The van der Waals surface area contributed by atoms with Crippen molar-refractivity contribution in [3.8, 4) is 11.5 Å². The molecule has 0 radical (unpaired) electrons. The fraction of sp³-hybridized carbons (Fsp3) is 0.343. The predicted octanol–water partition coefficient (Wildman–Crippen LogP) is 4.06. The molecule has 282 valence electrons. The number of aromatic hydroxyl groups is 1. The van der Waals surface area contributed by atoms with Crippen LogP contribution in [0.15, 0.2) is 47.5 Å². The van der Waals surface area contributed by atoms with Crippen LogP contribution in [0.25, 0.3) is 5.78 Å². The molecule has 15 nitrogen and oxygen atoms in total. The SMILES string of the molecule is CCc1c(N2CCN(C(=O)c3ncnc(C)c3O)CC2)c(=O)n2nc(N3Cc4ccc(OC)cc4C3)nc2n1CC(=O)Nc1ccc(C(F)(F)F)cc1Cl. The van der Waals surface area contributed by atoms with Crippen LogP contribution in [0.3, 0.4) is 0 Å². The molecule has 54 heavy (non-hydrogen) atoms. The molecule has 5 heterocycles. The number of aryl methyl sites for hydroxylation is 1. The predicted molar refractivity (Wildman–Crippen MR) is 191 cm³/mol. The molecule has 19 heteroatoms. The van der Waals surface area contributed by atoms with Crippen molar-refractivity contribution in [2.75, 3.05) is 48.4 Å². The average Bonchev–Trinajstić information content (AvgIpc) is 3.79. The van der Waals surface area contributed by atoms with Gasteiger partial charge in [-0.3, -0.25) is 14.4 Å².